The first kappa shape index (κ1) is 19.3. The monoisotopic (exact) mass is 371 g/mol. The van der Waals surface area contributed by atoms with Gasteiger partial charge in [-0.2, -0.15) is 0 Å². The third-order valence-electron chi connectivity index (χ3n) is 4.78. The van der Waals surface area contributed by atoms with Gasteiger partial charge in [0, 0.05) is 23.4 Å². The van der Waals surface area contributed by atoms with Gasteiger partial charge < -0.3 is 5.32 Å². The van der Waals surface area contributed by atoms with Gasteiger partial charge in [0.15, 0.2) is 9.84 Å². The van der Waals surface area contributed by atoms with Crippen LogP contribution in [0.1, 0.15) is 51.5 Å². The highest BCUT2D eigenvalue weighted by Crippen LogP contribution is 2.26. The summed E-state index contributed by atoms with van der Waals surface area (Å²) < 4.78 is 24.4. The molecule has 0 heterocycles. The SMILES string of the molecule is CC(C)(CNC(=O)CCS(=O)(=O)C1CCCC1)c1ccc(Cl)cc1. The lowest BCUT2D eigenvalue weighted by Gasteiger charge is -2.25. The van der Waals surface area contributed by atoms with Gasteiger partial charge in [-0.05, 0) is 30.5 Å². The van der Waals surface area contributed by atoms with Crippen molar-refractivity contribution in [3.63, 3.8) is 0 Å². The van der Waals surface area contributed by atoms with E-state index in [1.165, 1.54) is 0 Å². The zero-order valence-corrected chi connectivity index (χ0v) is 15.9. The number of carbonyl (C=O) groups excluding carboxylic acids is 1. The minimum atomic E-state index is -3.14. The van der Waals surface area contributed by atoms with E-state index in [9.17, 15) is 13.2 Å². The molecule has 0 spiro atoms. The Morgan fingerprint density at radius 3 is 2.38 bits per heavy atom. The lowest BCUT2D eigenvalue weighted by molar-refractivity contribution is -0.120. The summed E-state index contributed by atoms with van der Waals surface area (Å²) in [4.78, 5) is 12.0. The number of amides is 1. The summed E-state index contributed by atoms with van der Waals surface area (Å²) in [6.45, 7) is 4.52. The van der Waals surface area contributed by atoms with E-state index in [4.69, 9.17) is 11.6 Å². The van der Waals surface area contributed by atoms with E-state index in [-0.39, 0.29) is 28.7 Å². The van der Waals surface area contributed by atoms with Crippen LogP contribution < -0.4 is 5.32 Å². The van der Waals surface area contributed by atoms with Crippen LogP contribution in [0.15, 0.2) is 24.3 Å². The van der Waals surface area contributed by atoms with Gasteiger partial charge in [-0.15, -0.1) is 0 Å². The van der Waals surface area contributed by atoms with E-state index in [1.807, 2.05) is 38.1 Å². The second-order valence-electron chi connectivity index (χ2n) is 7.19. The molecule has 1 aliphatic rings. The second kappa shape index (κ2) is 7.87. The Morgan fingerprint density at radius 1 is 1.21 bits per heavy atom. The minimum Gasteiger partial charge on any atom is -0.355 e. The molecule has 0 unspecified atom stereocenters. The Bertz CT molecular complexity index is 662. The Morgan fingerprint density at radius 2 is 1.79 bits per heavy atom. The Labute approximate surface area is 149 Å². The Balaban J connectivity index is 1.83. The molecular weight excluding hydrogens is 346 g/mol. The number of rotatable bonds is 7. The summed E-state index contributed by atoms with van der Waals surface area (Å²) in [5, 5.41) is 3.30. The number of sulfone groups is 1. The molecule has 24 heavy (non-hydrogen) atoms. The standard InChI is InChI=1S/C18H26ClNO3S/c1-18(2,14-7-9-15(19)10-8-14)13-20-17(21)11-12-24(22,23)16-5-3-4-6-16/h7-10,16H,3-6,11-13H2,1-2H3,(H,20,21). The summed E-state index contributed by atoms with van der Waals surface area (Å²) >= 11 is 5.90. The number of hydrogen-bond donors (Lipinski definition) is 1. The molecule has 2 rings (SSSR count). The number of nitrogens with one attached hydrogen (secondary N) is 1. The molecule has 0 aliphatic heterocycles. The molecule has 1 amide bonds. The van der Waals surface area contributed by atoms with Crippen molar-refractivity contribution in [2.45, 2.75) is 56.6 Å². The van der Waals surface area contributed by atoms with Crippen molar-refractivity contribution in [3.05, 3.63) is 34.9 Å². The van der Waals surface area contributed by atoms with Gasteiger partial charge in [-0.25, -0.2) is 8.42 Å². The summed E-state index contributed by atoms with van der Waals surface area (Å²) in [6.07, 6.45) is 3.48. The summed E-state index contributed by atoms with van der Waals surface area (Å²) in [5.41, 5.74) is 0.829. The predicted octanol–water partition coefficient (Wildman–Crippen LogP) is 3.48. The maximum absolute atomic E-state index is 12.2. The summed E-state index contributed by atoms with van der Waals surface area (Å²) in [7, 11) is -3.14. The average Bonchev–Trinajstić information content (AvgIpc) is 3.07. The highest BCUT2D eigenvalue weighted by atomic mass is 35.5. The summed E-state index contributed by atoms with van der Waals surface area (Å²) in [6, 6.07) is 7.54. The van der Waals surface area contributed by atoms with Gasteiger partial charge in [-0.1, -0.05) is 50.4 Å². The number of carbonyl (C=O) groups is 1. The maximum Gasteiger partial charge on any atom is 0.221 e. The van der Waals surface area contributed by atoms with Crippen molar-refractivity contribution in [1.82, 2.24) is 5.32 Å². The largest absolute Gasteiger partial charge is 0.355 e. The van der Waals surface area contributed by atoms with Crippen molar-refractivity contribution in [1.29, 1.82) is 0 Å². The number of hydrogen-bond acceptors (Lipinski definition) is 3. The molecule has 0 saturated heterocycles. The quantitative estimate of drug-likeness (QED) is 0.798. The first-order valence-electron chi connectivity index (χ1n) is 8.45. The highest BCUT2D eigenvalue weighted by Gasteiger charge is 2.29. The highest BCUT2D eigenvalue weighted by molar-refractivity contribution is 7.92. The van der Waals surface area contributed by atoms with Gasteiger partial charge in [0.05, 0.1) is 11.0 Å². The lowest BCUT2D eigenvalue weighted by Crippen LogP contribution is -2.37. The fourth-order valence-electron chi connectivity index (χ4n) is 3.06. The number of benzene rings is 1. The third-order valence-corrected chi connectivity index (χ3v) is 7.29. The zero-order chi connectivity index (χ0) is 17.8. The minimum absolute atomic E-state index is 0.0372. The zero-order valence-electron chi connectivity index (χ0n) is 14.3. The van der Waals surface area contributed by atoms with Crippen molar-refractivity contribution < 1.29 is 13.2 Å². The smallest absolute Gasteiger partial charge is 0.221 e. The molecule has 0 aromatic heterocycles. The van der Waals surface area contributed by atoms with E-state index >= 15 is 0 Å². The molecule has 0 atom stereocenters. The molecule has 4 nitrogen and oxygen atoms in total. The van der Waals surface area contributed by atoms with Crippen LogP contribution in [-0.4, -0.2) is 31.9 Å². The topological polar surface area (TPSA) is 63.2 Å². The van der Waals surface area contributed by atoms with Crippen LogP contribution in [0.4, 0.5) is 0 Å². The van der Waals surface area contributed by atoms with Crippen LogP contribution in [0.5, 0.6) is 0 Å². The molecular formula is C18H26ClNO3S. The summed E-state index contributed by atoms with van der Waals surface area (Å²) in [5.74, 6) is -0.260. The van der Waals surface area contributed by atoms with Gasteiger partial charge in [-0.3, -0.25) is 4.79 Å². The Hall–Kier alpha value is -1.07. The van der Waals surface area contributed by atoms with E-state index < -0.39 is 9.84 Å². The van der Waals surface area contributed by atoms with E-state index in [1.54, 1.807) is 0 Å². The molecule has 6 heteroatoms. The molecule has 0 radical (unpaired) electrons. The van der Waals surface area contributed by atoms with Crippen LogP contribution in [0.2, 0.25) is 5.02 Å². The van der Waals surface area contributed by atoms with Gasteiger partial charge in [0.2, 0.25) is 5.91 Å². The van der Waals surface area contributed by atoms with Gasteiger partial charge in [0.25, 0.3) is 0 Å². The predicted molar refractivity (Wildman–Crippen MR) is 98.1 cm³/mol. The molecule has 1 aliphatic carbocycles. The molecule has 1 saturated carbocycles. The van der Waals surface area contributed by atoms with E-state index in [0.717, 1.165) is 31.2 Å². The van der Waals surface area contributed by atoms with Crippen LogP contribution in [0.3, 0.4) is 0 Å². The van der Waals surface area contributed by atoms with Crippen LogP contribution in [-0.2, 0) is 20.0 Å². The van der Waals surface area contributed by atoms with Crippen LogP contribution in [0, 0.1) is 0 Å². The second-order valence-corrected chi connectivity index (χ2v) is 10.0. The van der Waals surface area contributed by atoms with Crippen molar-refractivity contribution in [2.24, 2.45) is 0 Å². The normalized spacial score (nSPS) is 16.3. The third kappa shape index (κ3) is 5.21. The lowest BCUT2D eigenvalue weighted by atomic mass is 9.84. The average molecular weight is 372 g/mol. The van der Waals surface area contributed by atoms with E-state index in [2.05, 4.69) is 5.32 Å². The van der Waals surface area contributed by atoms with Crippen LogP contribution in [0.25, 0.3) is 0 Å². The first-order chi connectivity index (χ1) is 11.2. The van der Waals surface area contributed by atoms with Crippen molar-refractivity contribution in [2.75, 3.05) is 12.3 Å². The van der Waals surface area contributed by atoms with Crippen molar-refractivity contribution in [3.8, 4) is 0 Å². The molecule has 134 valence electrons. The fraction of sp³-hybridized carbons (Fsp3) is 0.611. The van der Waals surface area contributed by atoms with Gasteiger partial charge >= 0.3 is 0 Å². The molecule has 1 N–H and O–H groups in total. The van der Waals surface area contributed by atoms with Crippen molar-refractivity contribution >= 4 is 27.3 Å². The molecule has 1 fully saturated rings. The Kier molecular flexibility index (Phi) is 6.32. The molecule has 0 bridgehead atoms. The van der Waals surface area contributed by atoms with Crippen LogP contribution >= 0.6 is 11.6 Å². The first-order valence-corrected chi connectivity index (χ1v) is 10.5. The number of halogens is 1. The van der Waals surface area contributed by atoms with E-state index in [0.29, 0.717) is 11.6 Å². The molecule has 1 aromatic rings. The maximum atomic E-state index is 12.2. The fourth-order valence-corrected chi connectivity index (χ4v) is 5.04. The van der Waals surface area contributed by atoms with Gasteiger partial charge in [0.1, 0.15) is 0 Å². The molecule has 1 aromatic carbocycles.